The van der Waals surface area contributed by atoms with Crippen LogP contribution in [-0.2, 0) is 35.2 Å². The van der Waals surface area contributed by atoms with Gasteiger partial charge in [0.15, 0.2) is 0 Å². The van der Waals surface area contributed by atoms with Gasteiger partial charge in [-0.1, -0.05) is 30.3 Å². The maximum atomic E-state index is 12.7. The molecule has 0 bridgehead atoms. The van der Waals surface area contributed by atoms with Gasteiger partial charge in [-0.05, 0) is 12.0 Å². The number of carboxylic acid groups (broad SMARTS) is 1. The lowest BCUT2D eigenvalue weighted by Gasteiger charge is -2.24. The smallest absolute Gasteiger partial charge is 0.326 e. The lowest BCUT2D eigenvalue weighted by Crippen LogP contribution is -2.57. The fraction of sp³-hybridized carbons (Fsp3) is 0.400. The molecule has 0 spiro atoms. The van der Waals surface area contributed by atoms with E-state index in [2.05, 4.69) is 16.0 Å². The summed E-state index contributed by atoms with van der Waals surface area (Å²) in [4.78, 5) is 71.1. The normalized spacial score (nSPS) is 13.1. The average molecular weight is 464 g/mol. The van der Waals surface area contributed by atoms with Gasteiger partial charge in [0.25, 0.3) is 0 Å². The molecule has 0 saturated carbocycles. The molecule has 1 aromatic carbocycles. The van der Waals surface area contributed by atoms with E-state index < -0.39 is 66.6 Å². The molecule has 0 fully saturated rings. The third-order valence-electron chi connectivity index (χ3n) is 4.45. The van der Waals surface area contributed by atoms with Crippen LogP contribution in [-0.4, -0.2) is 65.3 Å². The van der Waals surface area contributed by atoms with Crippen molar-refractivity contribution >= 4 is 35.5 Å². The van der Waals surface area contributed by atoms with E-state index in [-0.39, 0.29) is 19.3 Å². The zero-order chi connectivity index (χ0) is 25.0. The molecule has 180 valence electrons. The van der Waals surface area contributed by atoms with E-state index in [1.807, 2.05) is 0 Å². The van der Waals surface area contributed by atoms with E-state index in [0.717, 1.165) is 0 Å². The van der Waals surface area contributed by atoms with Crippen LogP contribution in [0.2, 0.25) is 0 Å². The van der Waals surface area contributed by atoms with Gasteiger partial charge in [0.05, 0.1) is 13.0 Å². The standard InChI is InChI=1S/C20H28N6O7/c21-10-17(29)24-12(6-7-15(22)27)18(30)25-13(9-16(23)28)19(31)26-14(20(32)33)8-11-4-2-1-3-5-11/h1-5,12-14H,6-10,21H2,(H2,22,27)(H2,23,28)(H,24,29)(H,25,30)(H,26,31)(H,32,33). The number of hydrogen-bond donors (Lipinski definition) is 7. The lowest BCUT2D eigenvalue weighted by molar-refractivity contribution is -0.142. The predicted octanol–water partition coefficient (Wildman–Crippen LogP) is -3.13. The number of rotatable bonds is 14. The van der Waals surface area contributed by atoms with Crippen molar-refractivity contribution in [3.8, 4) is 0 Å². The van der Waals surface area contributed by atoms with Crippen LogP contribution in [0.4, 0.5) is 0 Å². The molecular formula is C20H28N6O7. The summed E-state index contributed by atoms with van der Waals surface area (Å²) in [6.07, 6.45) is -1.13. The van der Waals surface area contributed by atoms with Gasteiger partial charge in [-0.2, -0.15) is 0 Å². The Bertz CT molecular complexity index is 877. The summed E-state index contributed by atoms with van der Waals surface area (Å²) in [7, 11) is 0. The highest BCUT2D eigenvalue weighted by atomic mass is 16.4. The van der Waals surface area contributed by atoms with Crippen LogP contribution in [0.3, 0.4) is 0 Å². The molecule has 0 saturated heterocycles. The van der Waals surface area contributed by atoms with Crippen molar-refractivity contribution in [2.45, 2.75) is 43.8 Å². The van der Waals surface area contributed by atoms with Crippen LogP contribution in [0.5, 0.6) is 0 Å². The number of amides is 5. The van der Waals surface area contributed by atoms with E-state index in [1.165, 1.54) is 0 Å². The first-order chi connectivity index (χ1) is 15.5. The summed E-state index contributed by atoms with van der Waals surface area (Å²) in [5.41, 5.74) is 16.1. The number of carbonyl (C=O) groups excluding carboxylic acids is 5. The minimum atomic E-state index is -1.53. The number of carbonyl (C=O) groups is 6. The molecule has 3 atom stereocenters. The number of benzene rings is 1. The molecule has 5 amide bonds. The molecule has 13 nitrogen and oxygen atoms in total. The topological polar surface area (TPSA) is 237 Å². The maximum Gasteiger partial charge on any atom is 0.326 e. The van der Waals surface area contributed by atoms with Crippen molar-refractivity contribution in [2.24, 2.45) is 17.2 Å². The summed E-state index contributed by atoms with van der Waals surface area (Å²) < 4.78 is 0. The second-order valence-corrected chi connectivity index (χ2v) is 7.15. The van der Waals surface area contributed by atoms with Gasteiger partial charge in [0.2, 0.25) is 29.5 Å². The van der Waals surface area contributed by atoms with E-state index in [1.54, 1.807) is 30.3 Å². The lowest BCUT2D eigenvalue weighted by atomic mass is 10.0. The molecule has 0 aromatic heterocycles. The molecular weight excluding hydrogens is 436 g/mol. The number of nitrogens with two attached hydrogens (primary N) is 3. The summed E-state index contributed by atoms with van der Waals surface area (Å²) in [5.74, 6) is -5.58. The van der Waals surface area contributed by atoms with Gasteiger partial charge in [-0.25, -0.2) is 4.79 Å². The van der Waals surface area contributed by atoms with Gasteiger partial charge in [0.1, 0.15) is 18.1 Å². The number of hydrogen-bond acceptors (Lipinski definition) is 7. The Balaban J connectivity index is 2.97. The number of aliphatic carboxylic acids is 1. The monoisotopic (exact) mass is 464 g/mol. The third kappa shape index (κ3) is 10.2. The van der Waals surface area contributed by atoms with Gasteiger partial charge in [-0.15, -0.1) is 0 Å². The Kier molecular flexibility index (Phi) is 11.0. The zero-order valence-electron chi connectivity index (χ0n) is 17.8. The Hall–Kier alpha value is -4.00. The summed E-state index contributed by atoms with van der Waals surface area (Å²) in [6.45, 7) is -0.439. The van der Waals surface area contributed by atoms with Crippen molar-refractivity contribution in [1.29, 1.82) is 0 Å². The van der Waals surface area contributed by atoms with Crippen molar-refractivity contribution in [3.05, 3.63) is 35.9 Å². The Labute approximate surface area is 189 Å². The average Bonchev–Trinajstić information content (AvgIpc) is 2.75. The minimum Gasteiger partial charge on any atom is -0.480 e. The summed E-state index contributed by atoms with van der Waals surface area (Å²) >= 11 is 0. The first-order valence-corrected chi connectivity index (χ1v) is 9.97. The van der Waals surface area contributed by atoms with Crippen LogP contribution in [0.15, 0.2) is 30.3 Å². The van der Waals surface area contributed by atoms with Crippen LogP contribution >= 0.6 is 0 Å². The molecule has 3 unspecified atom stereocenters. The quantitative estimate of drug-likeness (QED) is 0.148. The molecule has 33 heavy (non-hydrogen) atoms. The molecule has 13 heteroatoms. The maximum absolute atomic E-state index is 12.7. The summed E-state index contributed by atoms with van der Waals surface area (Å²) in [6, 6.07) is 4.34. The predicted molar refractivity (Wildman–Crippen MR) is 115 cm³/mol. The van der Waals surface area contributed by atoms with Gasteiger partial charge < -0.3 is 38.3 Å². The van der Waals surface area contributed by atoms with Crippen molar-refractivity contribution in [3.63, 3.8) is 0 Å². The molecule has 0 aliphatic carbocycles. The van der Waals surface area contributed by atoms with E-state index in [9.17, 15) is 33.9 Å². The second kappa shape index (κ2) is 13.4. The van der Waals surface area contributed by atoms with Crippen LogP contribution < -0.4 is 33.2 Å². The van der Waals surface area contributed by atoms with Crippen LogP contribution in [0, 0.1) is 0 Å². The minimum absolute atomic E-state index is 0.0487. The molecule has 0 heterocycles. The Morgan fingerprint density at radius 1 is 0.818 bits per heavy atom. The third-order valence-corrected chi connectivity index (χ3v) is 4.45. The van der Waals surface area contributed by atoms with Crippen molar-refractivity contribution in [1.82, 2.24) is 16.0 Å². The van der Waals surface area contributed by atoms with E-state index >= 15 is 0 Å². The van der Waals surface area contributed by atoms with Gasteiger partial charge in [-0.3, -0.25) is 24.0 Å². The highest BCUT2D eigenvalue weighted by Crippen LogP contribution is 2.05. The van der Waals surface area contributed by atoms with Crippen molar-refractivity contribution in [2.75, 3.05) is 6.54 Å². The fourth-order valence-corrected chi connectivity index (χ4v) is 2.81. The molecule has 0 aliphatic rings. The Morgan fingerprint density at radius 2 is 1.39 bits per heavy atom. The van der Waals surface area contributed by atoms with E-state index in [0.29, 0.717) is 5.56 Å². The largest absolute Gasteiger partial charge is 0.480 e. The SMILES string of the molecule is NCC(=O)NC(CCC(N)=O)C(=O)NC(CC(N)=O)C(=O)NC(Cc1ccccc1)C(=O)O. The highest BCUT2D eigenvalue weighted by Gasteiger charge is 2.30. The van der Waals surface area contributed by atoms with Crippen LogP contribution in [0.25, 0.3) is 0 Å². The highest BCUT2D eigenvalue weighted by molar-refractivity contribution is 5.96. The molecule has 0 radical (unpaired) electrons. The Morgan fingerprint density at radius 3 is 1.91 bits per heavy atom. The fourth-order valence-electron chi connectivity index (χ4n) is 2.81. The zero-order valence-corrected chi connectivity index (χ0v) is 17.8. The molecule has 1 rings (SSSR count). The number of nitrogens with one attached hydrogen (secondary N) is 3. The molecule has 0 aliphatic heterocycles. The van der Waals surface area contributed by atoms with Gasteiger partial charge >= 0.3 is 5.97 Å². The molecule has 10 N–H and O–H groups in total. The van der Waals surface area contributed by atoms with Gasteiger partial charge in [0, 0.05) is 12.8 Å². The second-order valence-electron chi connectivity index (χ2n) is 7.15. The summed E-state index contributed by atoms with van der Waals surface area (Å²) in [5, 5.41) is 16.3. The molecule has 1 aromatic rings. The first kappa shape index (κ1) is 27.0. The first-order valence-electron chi connectivity index (χ1n) is 9.97. The number of primary amides is 2. The number of carboxylic acids is 1. The van der Waals surface area contributed by atoms with Crippen molar-refractivity contribution < 1.29 is 33.9 Å². The van der Waals surface area contributed by atoms with E-state index in [4.69, 9.17) is 17.2 Å². The van der Waals surface area contributed by atoms with Crippen LogP contribution in [0.1, 0.15) is 24.8 Å².